The molecule has 0 saturated carbocycles. The van der Waals surface area contributed by atoms with Crippen LogP contribution in [0.2, 0.25) is 0 Å². The number of carbonyl (C=O) groups is 2. The second-order valence-electron chi connectivity index (χ2n) is 4.85. The van der Waals surface area contributed by atoms with Crippen molar-refractivity contribution in [2.75, 3.05) is 6.54 Å². The number of halogens is 1. The minimum absolute atomic E-state index is 0.0284. The summed E-state index contributed by atoms with van der Waals surface area (Å²) in [6.07, 6.45) is 1.65. The summed E-state index contributed by atoms with van der Waals surface area (Å²) in [5.41, 5.74) is 6.04. The SMILES string of the molecule is CC(C(=O)c1ccc(Br)cc1)N1CCCC1C(N)=O. The van der Waals surface area contributed by atoms with E-state index in [2.05, 4.69) is 15.9 Å². The van der Waals surface area contributed by atoms with Gasteiger partial charge in [-0.1, -0.05) is 28.1 Å². The number of Topliss-reactive ketones (excluding diaryl/α,β-unsaturated/α-hetero) is 1. The number of hydrogen-bond acceptors (Lipinski definition) is 3. The molecular weight excluding hydrogens is 308 g/mol. The molecule has 2 unspecified atom stereocenters. The largest absolute Gasteiger partial charge is 0.368 e. The lowest BCUT2D eigenvalue weighted by molar-refractivity contribution is -0.122. The van der Waals surface area contributed by atoms with Crippen LogP contribution in [-0.4, -0.2) is 35.2 Å². The third kappa shape index (κ3) is 3.04. The minimum Gasteiger partial charge on any atom is -0.368 e. The molecule has 1 aliphatic heterocycles. The number of amides is 1. The summed E-state index contributed by atoms with van der Waals surface area (Å²) < 4.78 is 0.938. The smallest absolute Gasteiger partial charge is 0.234 e. The molecule has 1 amide bonds. The third-order valence-electron chi connectivity index (χ3n) is 3.63. The van der Waals surface area contributed by atoms with Gasteiger partial charge in [-0.3, -0.25) is 14.5 Å². The van der Waals surface area contributed by atoms with Gasteiger partial charge in [0, 0.05) is 10.0 Å². The van der Waals surface area contributed by atoms with E-state index in [9.17, 15) is 9.59 Å². The molecule has 0 aromatic heterocycles. The molecule has 19 heavy (non-hydrogen) atoms. The zero-order valence-electron chi connectivity index (χ0n) is 10.8. The molecule has 102 valence electrons. The molecule has 1 aromatic carbocycles. The van der Waals surface area contributed by atoms with Crippen LogP contribution in [0.15, 0.2) is 28.7 Å². The monoisotopic (exact) mass is 324 g/mol. The van der Waals surface area contributed by atoms with Gasteiger partial charge in [0.15, 0.2) is 5.78 Å². The van der Waals surface area contributed by atoms with Crippen molar-refractivity contribution in [1.82, 2.24) is 4.90 Å². The van der Waals surface area contributed by atoms with Crippen LogP contribution in [0, 0.1) is 0 Å². The Labute approximate surface area is 121 Å². The van der Waals surface area contributed by atoms with Crippen molar-refractivity contribution in [3.8, 4) is 0 Å². The van der Waals surface area contributed by atoms with Crippen LogP contribution in [0.4, 0.5) is 0 Å². The summed E-state index contributed by atoms with van der Waals surface area (Å²) in [7, 11) is 0. The van der Waals surface area contributed by atoms with Crippen molar-refractivity contribution < 1.29 is 9.59 Å². The maximum Gasteiger partial charge on any atom is 0.234 e. The zero-order valence-corrected chi connectivity index (χ0v) is 12.4. The molecule has 2 atom stereocenters. The van der Waals surface area contributed by atoms with E-state index in [0.717, 1.165) is 23.9 Å². The van der Waals surface area contributed by atoms with E-state index in [4.69, 9.17) is 5.73 Å². The molecule has 2 rings (SSSR count). The lowest BCUT2D eigenvalue weighted by atomic mass is 10.0. The van der Waals surface area contributed by atoms with Crippen molar-refractivity contribution in [1.29, 1.82) is 0 Å². The van der Waals surface area contributed by atoms with E-state index in [1.165, 1.54) is 0 Å². The summed E-state index contributed by atoms with van der Waals surface area (Å²) in [6, 6.07) is 6.64. The Kier molecular flexibility index (Phi) is 4.37. The predicted molar refractivity (Wildman–Crippen MR) is 76.9 cm³/mol. The predicted octanol–water partition coefficient (Wildman–Crippen LogP) is 1.97. The van der Waals surface area contributed by atoms with Crippen LogP contribution < -0.4 is 5.73 Å². The van der Waals surface area contributed by atoms with Gasteiger partial charge in [-0.25, -0.2) is 0 Å². The van der Waals surface area contributed by atoms with Crippen molar-refractivity contribution in [3.63, 3.8) is 0 Å². The number of carbonyl (C=O) groups excluding carboxylic acids is 2. The van der Waals surface area contributed by atoms with Crippen molar-refractivity contribution in [2.24, 2.45) is 5.73 Å². The standard InChI is InChI=1S/C14H17BrN2O2/c1-9(17-8-2-3-12(17)14(16)19)13(18)10-4-6-11(15)7-5-10/h4-7,9,12H,2-3,8H2,1H3,(H2,16,19). The molecule has 1 aromatic rings. The fourth-order valence-electron chi connectivity index (χ4n) is 2.56. The first kappa shape index (κ1) is 14.2. The van der Waals surface area contributed by atoms with E-state index < -0.39 is 0 Å². The third-order valence-corrected chi connectivity index (χ3v) is 4.16. The second-order valence-corrected chi connectivity index (χ2v) is 5.76. The zero-order chi connectivity index (χ0) is 14.0. The highest BCUT2D eigenvalue weighted by molar-refractivity contribution is 9.10. The van der Waals surface area contributed by atoms with Crippen LogP contribution in [0.3, 0.4) is 0 Å². The summed E-state index contributed by atoms with van der Waals surface area (Å²) in [5.74, 6) is -0.311. The van der Waals surface area contributed by atoms with Gasteiger partial charge in [0.1, 0.15) is 0 Å². The first-order valence-electron chi connectivity index (χ1n) is 6.35. The first-order chi connectivity index (χ1) is 9.00. The van der Waals surface area contributed by atoms with Gasteiger partial charge in [-0.2, -0.15) is 0 Å². The lowest BCUT2D eigenvalue weighted by Crippen LogP contribution is -2.47. The van der Waals surface area contributed by atoms with Gasteiger partial charge in [-0.15, -0.1) is 0 Å². The van der Waals surface area contributed by atoms with Gasteiger partial charge < -0.3 is 5.73 Å². The summed E-state index contributed by atoms with van der Waals surface area (Å²) in [4.78, 5) is 25.7. The van der Waals surface area contributed by atoms with E-state index >= 15 is 0 Å². The van der Waals surface area contributed by atoms with E-state index in [1.807, 2.05) is 24.0 Å². The molecule has 1 aliphatic rings. The average Bonchev–Trinajstić information content (AvgIpc) is 2.87. The molecule has 4 nitrogen and oxygen atoms in total. The number of hydrogen-bond donors (Lipinski definition) is 1. The Morgan fingerprint density at radius 2 is 2.00 bits per heavy atom. The Morgan fingerprint density at radius 1 is 1.37 bits per heavy atom. The summed E-state index contributed by atoms with van der Waals surface area (Å²) >= 11 is 3.34. The summed E-state index contributed by atoms with van der Waals surface area (Å²) in [6.45, 7) is 2.59. The van der Waals surface area contributed by atoms with Crippen LogP contribution >= 0.6 is 15.9 Å². The second kappa shape index (κ2) is 5.84. The van der Waals surface area contributed by atoms with E-state index in [0.29, 0.717) is 5.56 Å². The summed E-state index contributed by atoms with van der Waals surface area (Å²) in [5, 5.41) is 0. The first-order valence-corrected chi connectivity index (χ1v) is 7.15. The van der Waals surface area contributed by atoms with Gasteiger partial charge in [-0.05, 0) is 38.4 Å². The maximum atomic E-state index is 12.4. The molecule has 0 bridgehead atoms. The van der Waals surface area contributed by atoms with Crippen LogP contribution in [0.25, 0.3) is 0 Å². The fraction of sp³-hybridized carbons (Fsp3) is 0.429. The molecule has 5 heteroatoms. The van der Waals surface area contributed by atoms with Crippen LogP contribution in [0.5, 0.6) is 0 Å². The molecule has 2 N–H and O–H groups in total. The molecule has 0 spiro atoms. The van der Waals surface area contributed by atoms with Gasteiger partial charge in [0.05, 0.1) is 12.1 Å². The van der Waals surface area contributed by atoms with Crippen molar-refractivity contribution in [3.05, 3.63) is 34.3 Å². The minimum atomic E-state index is -0.340. The van der Waals surface area contributed by atoms with Crippen molar-refractivity contribution >= 4 is 27.6 Å². The number of rotatable bonds is 4. The van der Waals surface area contributed by atoms with Gasteiger partial charge >= 0.3 is 0 Å². The number of ketones is 1. The van der Waals surface area contributed by atoms with Crippen LogP contribution in [-0.2, 0) is 4.79 Å². The van der Waals surface area contributed by atoms with Crippen molar-refractivity contribution in [2.45, 2.75) is 31.8 Å². The fourth-order valence-corrected chi connectivity index (χ4v) is 2.83. The number of nitrogens with zero attached hydrogens (tertiary/aromatic N) is 1. The number of likely N-dealkylation sites (tertiary alicyclic amines) is 1. The molecule has 1 heterocycles. The Hall–Kier alpha value is -1.20. The molecule has 1 fully saturated rings. The lowest BCUT2D eigenvalue weighted by Gasteiger charge is -2.27. The molecule has 0 radical (unpaired) electrons. The highest BCUT2D eigenvalue weighted by atomic mass is 79.9. The van der Waals surface area contributed by atoms with Gasteiger partial charge in [0.25, 0.3) is 0 Å². The molecule has 0 aliphatic carbocycles. The highest BCUT2D eigenvalue weighted by Crippen LogP contribution is 2.22. The van der Waals surface area contributed by atoms with Gasteiger partial charge in [0.2, 0.25) is 5.91 Å². The quantitative estimate of drug-likeness (QED) is 0.861. The maximum absolute atomic E-state index is 12.4. The number of benzene rings is 1. The average molecular weight is 325 g/mol. The molecule has 1 saturated heterocycles. The molecular formula is C14H17BrN2O2. The normalized spacial score (nSPS) is 21.3. The Balaban J connectivity index is 2.14. The highest BCUT2D eigenvalue weighted by Gasteiger charge is 2.35. The van der Waals surface area contributed by atoms with E-state index in [1.54, 1.807) is 12.1 Å². The van der Waals surface area contributed by atoms with E-state index in [-0.39, 0.29) is 23.8 Å². The topological polar surface area (TPSA) is 63.4 Å². The Bertz CT molecular complexity index is 487. The number of primary amides is 1. The van der Waals surface area contributed by atoms with Crippen LogP contribution in [0.1, 0.15) is 30.1 Å². The Morgan fingerprint density at radius 3 is 2.58 bits per heavy atom. The number of nitrogens with two attached hydrogens (primary N) is 1.